The minimum Gasteiger partial charge on any atom is -0.356 e. The molecule has 3 rings (SSSR count). The Bertz CT molecular complexity index is 618. The van der Waals surface area contributed by atoms with Gasteiger partial charge in [-0.15, -0.1) is 0 Å². The molecule has 1 aliphatic rings. The van der Waals surface area contributed by atoms with Gasteiger partial charge in [0.25, 0.3) is 0 Å². The fourth-order valence-corrected chi connectivity index (χ4v) is 2.66. The fraction of sp³-hybridized carbons (Fsp3) is 0.438. The molecular weight excluding hydrogens is 262 g/mol. The smallest absolute Gasteiger partial charge is 0.161 e. The zero-order chi connectivity index (χ0) is 14.8. The number of pyridine rings is 1. The lowest BCUT2D eigenvalue weighted by atomic mass is 10.1. The van der Waals surface area contributed by atoms with E-state index in [2.05, 4.69) is 21.8 Å². The van der Waals surface area contributed by atoms with Gasteiger partial charge >= 0.3 is 0 Å². The number of nitrogens with zero attached hydrogens (tertiary/aromatic N) is 4. The molecule has 0 aliphatic carbocycles. The molecule has 2 aromatic rings. The van der Waals surface area contributed by atoms with E-state index in [1.165, 1.54) is 0 Å². The van der Waals surface area contributed by atoms with Crippen molar-refractivity contribution in [3.63, 3.8) is 0 Å². The number of anilines is 1. The Hall–Kier alpha value is -2.01. The van der Waals surface area contributed by atoms with Crippen molar-refractivity contribution in [1.29, 1.82) is 0 Å². The minimum atomic E-state index is 0.323. The number of aryl methyl sites for hydroxylation is 1. The van der Waals surface area contributed by atoms with Gasteiger partial charge in [-0.1, -0.05) is 0 Å². The van der Waals surface area contributed by atoms with Crippen LogP contribution in [0.4, 0.5) is 5.82 Å². The van der Waals surface area contributed by atoms with Gasteiger partial charge in [-0.05, 0) is 38.8 Å². The number of piperidine rings is 1. The lowest BCUT2D eigenvalue weighted by Gasteiger charge is -2.32. The van der Waals surface area contributed by atoms with Crippen LogP contribution in [-0.4, -0.2) is 34.1 Å². The van der Waals surface area contributed by atoms with E-state index >= 15 is 0 Å². The van der Waals surface area contributed by atoms with E-state index in [9.17, 15) is 0 Å². The Kier molecular flexibility index (Phi) is 3.84. The van der Waals surface area contributed by atoms with Crippen LogP contribution in [0.3, 0.4) is 0 Å². The molecular formula is C16H21N5. The normalized spacial score (nSPS) is 16.2. The van der Waals surface area contributed by atoms with Crippen molar-refractivity contribution in [2.75, 3.05) is 18.0 Å². The molecule has 1 saturated heterocycles. The molecule has 0 atom stereocenters. The summed E-state index contributed by atoms with van der Waals surface area (Å²) < 4.78 is 0. The lowest BCUT2D eigenvalue weighted by Crippen LogP contribution is -2.40. The standard InChI is InChI=1S/C16H21N5/c1-11-12(2)19-15(13-3-7-18-8-4-13)20-16(11)21-9-5-14(17)6-10-21/h3-4,7-8,14H,5-6,9-10,17H2,1-2H3. The molecule has 0 saturated carbocycles. The maximum Gasteiger partial charge on any atom is 0.161 e. The molecule has 0 radical (unpaired) electrons. The van der Waals surface area contributed by atoms with Gasteiger partial charge in [0.05, 0.1) is 0 Å². The highest BCUT2D eigenvalue weighted by molar-refractivity contribution is 5.60. The van der Waals surface area contributed by atoms with Gasteiger partial charge in [-0.2, -0.15) is 0 Å². The fourth-order valence-electron chi connectivity index (χ4n) is 2.66. The maximum absolute atomic E-state index is 6.00. The van der Waals surface area contributed by atoms with Crippen molar-refractivity contribution in [3.8, 4) is 11.4 Å². The van der Waals surface area contributed by atoms with E-state index in [0.29, 0.717) is 6.04 Å². The van der Waals surface area contributed by atoms with E-state index in [-0.39, 0.29) is 0 Å². The average Bonchev–Trinajstić information content (AvgIpc) is 2.52. The van der Waals surface area contributed by atoms with Crippen LogP contribution < -0.4 is 10.6 Å². The maximum atomic E-state index is 6.00. The van der Waals surface area contributed by atoms with Gasteiger partial charge in [0.15, 0.2) is 5.82 Å². The van der Waals surface area contributed by atoms with E-state index in [0.717, 1.165) is 54.4 Å². The molecule has 1 aliphatic heterocycles. The number of nitrogens with two attached hydrogens (primary N) is 1. The first-order chi connectivity index (χ1) is 10.1. The van der Waals surface area contributed by atoms with Gasteiger partial charge in [-0.3, -0.25) is 4.98 Å². The van der Waals surface area contributed by atoms with Crippen molar-refractivity contribution < 1.29 is 0 Å². The summed E-state index contributed by atoms with van der Waals surface area (Å²) >= 11 is 0. The van der Waals surface area contributed by atoms with Crippen LogP contribution in [0.2, 0.25) is 0 Å². The number of hydrogen-bond acceptors (Lipinski definition) is 5. The van der Waals surface area contributed by atoms with E-state index < -0.39 is 0 Å². The highest BCUT2D eigenvalue weighted by atomic mass is 15.2. The van der Waals surface area contributed by atoms with Crippen LogP contribution in [-0.2, 0) is 0 Å². The Morgan fingerprint density at radius 2 is 1.76 bits per heavy atom. The van der Waals surface area contributed by atoms with Gasteiger partial charge in [0.1, 0.15) is 5.82 Å². The number of hydrogen-bond donors (Lipinski definition) is 1. The zero-order valence-corrected chi connectivity index (χ0v) is 12.6. The predicted octanol–water partition coefficient (Wildman–Crippen LogP) is 2.08. The summed E-state index contributed by atoms with van der Waals surface area (Å²) in [5.41, 5.74) is 9.19. The summed E-state index contributed by atoms with van der Waals surface area (Å²) in [4.78, 5) is 15.8. The highest BCUT2D eigenvalue weighted by Gasteiger charge is 2.20. The summed E-state index contributed by atoms with van der Waals surface area (Å²) in [6.45, 7) is 6.07. The first-order valence-corrected chi connectivity index (χ1v) is 7.41. The molecule has 3 heterocycles. The van der Waals surface area contributed by atoms with Crippen molar-refractivity contribution in [2.45, 2.75) is 32.7 Å². The molecule has 0 spiro atoms. The summed E-state index contributed by atoms with van der Waals surface area (Å²) in [6.07, 6.45) is 5.58. The Morgan fingerprint density at radius 1 is 1.10 bits per heavy atom. The number of aromatic nitrogens is 3. The van der Waals surface area contributed by atoms with Crippen molar-refractivity contribution in [2.24, 2.45) is 5.73 Å². The second-order valence-electron chi connectivity index (χ2n) is 5.64. The third-order valence-electron chi connectivity index (χ3n) is 4.14. The third kappa shape index (κ3) is 2.88. The van der Waals surface area contributed by atoms with Crippen LogP contribution in [0.5, 0.6) is 0 Å². The first-order valence-electron chi connectivity index (χ1n) is 7.41. The summed E-state index contributed by atoms with van der Waals surface area (Å²) in [5, 5.41) is 0. The third-order valence-corrected chi connectivity index (χ3v) is 4.14. The second kappa shape index (κ2) is 5.77. The molecule has 1 fully saturated rings. The summed E-state index contributed by atoms with van der Waals surface area (Å²) in [6, 6.07) is 4.21. The van der Waals surface area contributed by atoms with Crippen LogP contribution in [0, 0.1) is 13.8 Å². The van der Waals surface area contributed by atoms with Gasteiger partial charge in [0.2, 0.25) is 0 Å². The van der Waals surface area contributed by atoms with Crippen LogP contribution in [0.25, 0.3) is 11.4 Å². The van der Waals surface area contributed by atoms with E-state index in [1.807, 2.05) is 19.1 Å². The topological polar surface area (TPSA) is 67.9 Å². The Labute approximate surface area is 125 Å². The molecule has 5 heteroatoms. The molecule has 0 bridgehead atoms. The first kappa shape index (κ1) is 13.9. The predicted molar refractivity (Wildman–Crippen MR) is 84.2 cm³/mol. The molecule has 2 aromatic heterocycles. The Morgan fingerprint density at radius 3 is 2.43 bits per heavy atom. The summed E-state index contributed by atoms with van der Waals surface area (Å²) in [7, 11) is 0. The molecule has 110 valence electrons. The molecule has 0 aromatic carbocycles. The van der Waals surface area contributed by atoms with Gasteiger partial charge in [0, 0.05) is 48.3 Å². The second-order valence-corrected chi connectivity index (χ2v) is 5.64. The van der Waals surface area contributed by atoms with E-state index in [1.54, 1.807) is 12.4 Å². The molecule has 5 nitrogen and oxygen atoms in total. The van der Waals surface area contributed by atoms with Crippen LogP contribution in [0.15, 0.2) is 24.5 Å². The van der Waals surface area contributed by atoms with Gasteiger partial charge in [-0.25, -0.2) is 9.97 Å². The molecule has 21 heavy (non-hydrogen) atoms. The molecule has 2 N–H and O–H groups in total. The Balaban J connectivity index is 1.98. The molecule has 0 amide bonds. The molecule has 0 unspecified atom stereocenters. The SMILES string of the molecule is Cc1nc(-c2ccncc2)nc(N2CCC(N)CC2)c1C. The average molecular weight is 283 g/mol. The summed E-state index contributed by atoms with van der Waals surface area (Å²) in [5.74, 6) is 1.81. The largest absolute Gasteiger partial charge is 0.356 e. The van der Waals surface area contributed by atoms with E-state index in [4.69, 9.17) is 10.7 Å². The lowest BCUT2D eigenvalue weighted by molar-refractivity contribution is 0.498. The quantitative estimate of drug-likeness (QED) is 0.914. The minimum absolute atomic E-state index is 0.323. The highest BCUT2D eigenvalue weighted by Crippen LogP contribution is 2.26. The van der Waals surface area contributed by atoms with Crippen LogP contribution in [0.1, 0.15) is 24.1 Å². The van der Waals surface area contributed by atoms with Crippen molar-refractivity contribution in [3.05, 3.63) is 35.8 Å². The van der Waals surface area contributed by atoms with Crippen molar-refractivity contribution >= 4 is 5.82 Å². The number of rotatable bonds is 2. The van der Waals surface area contributed by atoms with Crippen molar-refractivity contribution in [1.82, 2.24) is 15.0 Å². The van der Waals surface area contributed by atoms with Gasteiger partial charge < -0.3 is 10.6 Å². The monoisotopic (exact) mass is 283 g/mol. The van der Waals surface area contributed by atoms with Crippen LogP contribution >= 0.6 is 0 Å². The zero-order valence-electron chi connectivity index (χ0n) is 12.6.